The predicted molar refractivity (Wildman–Crippen MR) is 99.2 cm³/mol. The van der Waals surface area contributed by atoms with Crippen LogP contribution in [0.15, 0.2) is 48.5 Å². The average Bonchev–Trinajstić information content (AvgIpc) is 2.69. The molecule has 26 heavy (non-hydrogen) atoms. The summed E-state index contributed by atoms with van der Waals surface area (Å²) in [5, 5.41) is 0. The van der Waals surface area contributed by atoms with Gasteiger partial charge in [-0.25, -0.2) is 0 Å². The van der Waals surface area contributed by atoms with Gasteiger partial charge >= 0.3 is 0 Å². The van der Waals surface area contributed by atoms with Crippen molar-refractivity contribution in [1.82, 2.24) is 10.9 Å². The van der Waals surface area contributed by atoms with Crippen molar-refractivity contribution >= 4 is 11.8 Å². The van der Waals surface area contributed by atoms with Crippen molar-refractivity contribution in [2.45, 2.75) is 26.7 Å². The molecule has 2 aromatic rings. The molecule has 0 fully saturated rings. The van der Waals surface area contributed by atoms with Gasteiger partial charge in [-0.1, -0.05) is 26.0 Å². The van der Waals surface area contributed by atoms with Crippen molar-refractivity contribution < 1.29 is 19.1 Å². The zero-order valence-electron chi connectivity index (χ0n) is 15.1. The van der Waals surface area contributed by atoms with Crippen molar-refractivity contribution in [2.75, 3.05) is 13.2 Å². The first kappa shape index (κ1) is 19.3. The van der Waals surface area contributed by atoms with Gasteiger partial charge in [0.05, 0.1) is 6.61 Å². The second-order valence-electron chi connectivity index (χ2n) is 5.66. The molecule has 2 amide bonds. The number of hydrogen-bond donors (Lipinski definition) is 2. The van der Waals surface area contributed by atoms with E-state index < -0.39 is 11.8 Å². The lowest BCUT2D eigenvalue weighted by Gasteiger charge is -2.10. The Bertz CT molecular complexity index is 712. The lowest BCUT2D eigenvalue weighted by molar-refractivity contribution is -0.123. The number of hydrogen-bond acceptors (Lipinski definition) is 4. The van der Waals surface area contributed by atoms with Crippen molar-refractivity contribution in [3.05, 3.63) is 59.7 Å². The van der Waals surface area contributed by atoms with Gasteiger partial charge in [0.25, 0.3) is 11.8 Å². The molecule has 0 aliphatic carbocycles. The first-order valence-corrected chi connectivity index (χ1v) is 8.66. The summed E-state index contributed by atoms with van der Waals surface area (Å²) in [7, 11) is 0. The van der Waals surface area contributed by atoms with E-state index in [0.29, 0.717) is 23.7 Å². The number of hydrazine groups is 1. The molecule has 0 aliphatic rings. The SMILES string of the molecule is CCCOc1ccc(C(=O)NNC(=O)COc2ccc(CC)cc2)cc1. The molecule has 6 nitrogen and oxygen atoms in total. The van der Waals surface area contributed by atoms with Crippen LogP contribution < -0.4 is 20.3 Å². The third-order valence-electron chi connectivity index (χ3n) is 3.61. The summed E-state index contributed by atoms with van der Waals surface area (Å²) in [6.45, 7) is 4.53. The molecule has 0 spiro atoms. The van der Waals surface area contributed by atoms with Gasteiger partial charge in [-0.2, -0.15) is 0 Å². The van der Waals surface area contributed by atoms with Gasteiger partial charge in [0.2, 0.25) is 0 Å². The highest BCUT2D eigenvalue weighted by atomic mass is 16.5. The summed E-state index contributed by atoms with van der Waals surface area (Å²) in [5.41, 5.74) is 6.30. The Kier molecular flexibility index (Phi) is 7.49. The fourth-order valence-corrected chi connectivity index (χ4v) is 2.13. The average molecular weight is 356 g/mol. The Morgan fingerprint density at radius 1 is 0.846 bits per heavy atom. The highest BCUT2D eigenvalue weighted by molar-refractivity contribution is 5.95. The van der Waals surface area contributed by atoms with Crippen LogP contribution in [0.25, 0.3) is 0 Å². The lowest BCUT2D eigenvalue weighted by atomic mass is 10.2. The molecule has 0 aliphatic heterocycles. The Hall–Kier alpha value is -3.02. The number of aryl methyl sites for hydroxylation is 1. The lowest BCUT2D eigenvalue weighted by Crippen LogP contribution is -2.43. The van der Waals surface area contributed by atoms with Crippen LogP contribution in [-0.4, -0.2) is 25.0 Å². The second kappa shape index (κ2) is 10.1. The van der Waals surface area contributed by atoms with Crippen LogP contribution >= 0.6 is 0 Å². The monoisotopic (exact) mass is 356 g/mol. The predicted octanol–water partition coefficient (Wildman–Crippen LogP) is 2.88. The summed E-state index contributed by atoms with van der Waals surface area (Å²) in [5.74, 6) is 0.453. The maximum Gasteiger partial charge on any atom is 0.276 e. The van der Waals surface area contributed by atoms with E-state index >= 15 is 0 Å². The Morgan fingerprint density at radius 3 is 2.08 bits per heavy atom. The highest BCUT2D eigenvalue weighted by Gasteiger charge is 2.08. The molecule has 2 rings (SSSR count). The van der Waals surface area contributed by atoms with Crippen LogP contribution in [0.5, 0.6) is 11.5 Å². The van der Waals surface area contributed by atoms with Gasteiger partial charge < -0.3 is 9.47 Å². The third-order valence-corrected chi connectivity index (χ3v) is 3.61. The minimum atomic E-state index is -0.444. The topological polar surface area (TPSA) is 76.7 Å². The quantitative estimate of drug-likeness (QED) is 0.713. The van der Waals surface area contributed by atoms with Gasteiger partial charge in [-0.05, 0) is 54.8 Å². The van der Waals surface area contributed by atoms with Crippen LogP contribution in [0.3, 0.4) is 0 Å². The number of benzene rings is 2. The second-order valence-corrected chi connectivity index (χ2v) is 5.66. The zero-order chi connectivity index (χ0) is 18.8. The van der Waals surface area contributed by atoms with E-state index in [1.807, 2.05) is 31.2 Å². The standard InChI is InChI=1S/C20H24N2O4/c1-3-13-25-17-11-7-16(8-12-17)20(24)22-21-19(23)14-26-18-9-5-15(4-2)6-10-18/h5-12H,3-4,13-14H2,1-2H3,(H,21,23)(H,22,24). The maximum atomic E-state index is 12.0. The number of carbonyl (C=O) groups excluding carboxylic acids is 2. The van der Waals surface area contributed by atoms with E-state index in [0.717, 1.165) is 12.8 Å². The van der Waals surface area contributed by atoms with Gasteiger partial charge in [0, 0.05) is 5.56 Å². The molecule has 0 unspecified atom stereocenters. The number of carbonyl (C=O) groups is 2. The van der Waals surface area contributed by atoms with Gasteiger partial charge in [-0.3, -0.25) is 20.4 Å². The van der Waals surface area contributed by atoms with E-state index in [-0.39, 0.29) is 6.61 Å². The van der Waals surface area contributed by atoms with Gasteiger partial charge in [0.1, 0.15) is 11.5 Å². The molecule has 0 heterocycles. The molecule has 6 heteroatoms. The first-order valence-electron chi connectivity index (χ1n) is 8.66. The minimum absolute atomic E-state index is 0.185. The van der Waals surface area contributed by atoms with Crippen LogP contribution in [0, 0.1) is 0 Å². The van der Waals surface area contributed by atoms with E-state index in [2.05, 4.69) is 17.8 Å². The summed E-state index contributed by atoms with van der Waals surface area (Å²) in [4.78, 5) is 23.8. The van der Waals surface area contributed by atoms with Gasteiger partial charge in [0.15, 0.2) is 6.61 Å². The minimum Gasteiger partial charge on any atom is -0.494 e. The van der Waals surface area contributed by atoms with Crippen molar-refractivity contribution in [3.8, 4) is 11.5 Å². The van der Waals surface area contributed by atoms with E-state index in [4.69, 9.17) is 9.47 Å². The molecule has 0 radical (unpaired) electrons. The Balaban J connectivity index is 1.74. The van der Waals surface area contributed by atoms with Gasteiger partial charge in [-0.15, -0.1) is 0 Å². The van der Waals surface area contributed by atoms with Crippen molar-refractivity contribution in [2.24, 2.45) is 0 Å². The fourth-order valence-electron chi connectivity index (χ4n) is 2.13. The summed E-state index contributed by atoms with van der Waals surface area (Å²) in [6.07, 6.45) is 1.86. The first-order chi connectivity index (χ1) is 12.6. The van der Waals surface area contributed by atoms with Crippen LogP contribution in [-0.2, 0) is 11.2 Å². The summed E-state index contributed by atoms with van der Waals surface area (Å²) in [6, 6.07) is 14.2. The molecule has 0 bridgehead atoms. The molecular formula is C20H24N2O4. The number of amides is 2. The largest absolute Gasteiger partial charge is 0.494 e. The number of rotatable bonds is 8. The maximum absolute atomic E-state index is 12.0. The molecular weight excluding hydrogens is 332 g/mol. The molecule has 0 saturated heterocycles. The smallest absolute Gasteiger partial charge is 0.276 e. The number of nitrogens with one attached hydrogen (secondary N) is 2. The Morgan fingerprint density at radius 2 is 1.46 bits per heavy atom. The normalized spacial score (nSPS) is 10.1. The molecule has 2 aromatic carbocycles. The summed E-state index contributed by atoms with van der Waals surface area (Å²) >= 11 is 0. The van der Waals surface area contributed by atoms with Crippen molar-refractivity contribution in [1.29, 1.82) is 0 Å². The zero-order valence-corrected chi connectivity index (χ0v) is 15.1. The molecule has 0 atom stereocenters. The van der Waals surface area contributed by atoms with Crippen LogP contribution in [0.2, 0.25) is 0 Å². The Labute approximate surface area is 153 Å². The van der Waals surface area contributed by atoms with E-state index in [1.54, 1.807) is 24.3 Å². The van der Waals surface area contributed by atoms with Crippen molar-refractivity contribution in [3.63, 3.8) is 0 Å². The van der Waals surface area contributed by atoms with E-state index in [1.165, 1.54) is 5.56 Å². The fraction of sp³-hybridized carbons (Fsp3) is 0.300. The summed E-state index contributed by atoms with van der Waals surface area (Å²) < 4.78 is 10.8. The molecule has 2 N–H and O–H groups in total. The third kappa shape index (κ3) is 6.12. The van der Waals surface area contributed by atoms with E-state index in [9.17, 15) is 9.59 Å². The highest BCUT2D eigenvalue weighted by Crippen LogP contribution is 2.13. The number of ether oxygens (including phenoxy) is 2. The molecule has 0 aromatic heterocycles. The van der Waals surface area contributed by atoms with Crippen LogP contribution in [0.4, 0.5) is 0 Å². The molecule has 138 valence electrons. The van der Waals surface area contributed by atoms with Crippen LogP contribution in [0.1, 0.15) is 36.2 Å². The molecule has 0 saturated carbocycles.